The van der Waals surface area contributed by atoms with Crippen LogP contribution >= 0.6 is 0 Å². The summed E-state index contributed by atoms with van der Waals surface area (Å²) in [5, 5.41) is 4.15. The van der Waals surface area contributed by atoms with Crippen molar-refractivity contribution < 1.29 is 9.32 Å². The zero-order valence-electron chi connectivity index (χ0n) is 15.4. The first-order chi connectivity index (χ1) is 13.8. The van der Waals surface area contributed by atoms with E-state index in [0.29, 0.717) is 37.1 Å². The van der Waals surface area contributed by atoms with Crippen molar-refractivity contribution in [2.45, 2.75) is 31.1 Å². The molecule has 2 atom stereocenters. The highest BCUT2D eigenvalue weighted by Gasteiger charge is 2.41. The second kappa shape index (κ2) is 7.14. The molecule has 7 nitrogen and oxygen atoms in total. The smallest absolute Gasteiger partial charge is 0.232 e. The van der Waals surface area contributed by atoms with Crippen LogP contribution in [0.4, 0.5) is 0 Å². The van der Waals surface area contributed by atoms with Crippen molar-refractivity contribution in [2.24, 2.45) is 5.92 Å². The van der Waals surface area contributed by atoms with Gasteiger partial charge in [0, 0.05) is 55.8 Å². The normalized spacial score (nSPS) is 21.8. The summed E-state index contributed by atoms with van der Waals surface area (Å²) in [5.41, 5.74) is 1.96. The van der Waals surface area contributed by atoms with Gasteiger partial charge in [0.15, 0.2) is 0 Å². The van der Waals surface area contributed by atoms with Gasteiger partial charge in [-0.05, 0) is 42.5 Å². The molecule has 1 saturated heterocycles. The van der Waals surface area contributed by atoms with Gasteiger partial charge in [0.05, 0.1) is 5.92 Å². The van der Waals surface area contributed by atoms with Gasteiger partial charge in [0.2, 0.25) is 17.6 Å². The number of aromatic nitrogens is 4. The molecule has 2 fully saturated rings. The molecule has 0 bridgehead atoms. The van der Waals surface area contributed by atoms with Crippen molar-refractivity contribution in [1.29, 1.82) is 0 Å². The van der Waals surface area contributed by atoms with Crippen molar-refractivity contribution in [3.8, 4) is 11.4 Å². The van der Waals surface area contributed by atoms with Crippen LogP contribution in [0.5, 0.6) is 0 Å². The number of pyridine rings is 2. The van der Waals surface area contributed by atoms with E-state index in [1.165, 1.54) is 12.8 Å². The van der Waals surface area contributed by atoms with Crippen molar-refractivity contribution in [2.75, 3.05) is 13.1 Å². The Hall–Kier alpha value is -3.09. The van der Waals surface area contributed by atoms with Gasteiger partial charge in [-0.25, -0.2) is 0 Å². The van der Waals surface area contributed by atoms with E-state index in [-0.39, 0.29) is 17.7 Å². The topological polar surface area (TPSA) is 85.0 Å². The number of likely N-dealkylation sites (tertiary alicyclic amines) is 1. The molecule has 1 amide bonds. The van der Waals surface area contributed by atoms with Gasteiger partial charge in [-0.1, -0.05) is 11.2 Å². The maximum Gasteiger partial charge on any atom is 0.232 e. The molecular formula is C21H21N5O2. The minimum atomic E-state index is -0.0320. The molecule has 1 aliphatic heterocycles. The second-order valence-electron chi connectivity index (χ2n) is 7.64. The van der Waals surface area contributed by atoms with Crippen molar-refractivity contribution >= 4 is 5.91 Å². The van der Waals surface area contributed by atoms with E-state index in [1.54, 1.807) is 18.6 Å². The van der Waals surface area contributed by atoms with Gasteiger partial charge >= 0.3 is 0 Å². The minimum absolute atomic E-state index is 0.0320. The van der Waals surface area contributed by atoms with Crippen LogP contribution in [0.2, 0.25) is 0 Å². The van der Waals surface area contributed by atoms with Crippen LogP contribution in [-0.2, 0) is 4.79 Å². The molecule has 1 saturated carbocycles. The summed E-state index contributed by atoms with van der Waals surface area (Å²) in [7, 11) is 0. The zero-order valence-corrected chi connectivity index (χ0v) is 15.4. The Morgan fingerprint density at radius 1 is 1.07 bits per heavy atom. The van der Waals surface area contributed by atoms with Crippen molar-refractivity contribution in [3.05, 3.63) is 60.5 Å². The lowest BCUT2D eigenvalue weighted by molar-refractivity contribution is -0.130. The molecule has 2 aliphatic rings. The van der Waals surface area contributed by atoms with Crippen LogP contribution in [-0.4, -0.2) is 44.0 Å². The first-order valence-electron chi connectivity index (χ1n) is 9.69. The molecule has 0 radical (unpaired) electrons. The average molecular weight is 375 g/mol. The van der Waals surface area contributed by atoms with Crippen molar-refractivity contribution in [3.63, 3.8) is 0 Å². The van der Waals surface area contributed by atoms with E-state index in [9.17, 15) is 4.79 Å². The van der Waals surface area contributed by atoms with Gasteiger partial charge in [-0.2, -0.15) is 4.98 Å². The maximum atomic E-state index is 12.7. The molecule has 0 N–H and O–H groups in total. The molecule has 142 valence electrons. The quantitative estimate of drug-likeness (QED) is 0.681. The van der Waals surface area contributed by atoms with Crippen LogP contribution in [0.15, 0.2) is 53.6 Å². The monoisotopic (exact) mass is 375 g/mol. The number of hydrogen-bond acceptors (Lipinski definition) is 6. The predicted octanol–water partition coefficient (Wildman–Crippen LogP) is 3.04. The standard InChI is InChI=1S/C21H21N5O2/c27-19(10-14-3-4-14)26-12-17(16-2-1-7-23-11-16)18(13-26)21-24-20(25-28-21)15-5-8-22-9-6-15/h1-2,5-9,11,14,17-18H,3-4,10,12-13H2/t17-,18+/m0/s1. The Labute approximate surface area is 162 Å². The molecule has 4 heterocycles. The Balaban J connectivity index is 1.43. The first kappa shape index (κ1) is 17.0. The van der Waals surface area contributed by atoms with Crippen LogP contribution in [0.25, 0.3) is 11.4 Å². The Morgan fingerprint density at radius 3 is 2.64 bits per heavy atom. The number of amides is 1. The van der Waals surface area contributed by atoms with Gasteiger partial charge < -0.3 is 9.42 Å². The van der Waals surface area contributed by atoms with Crippen LogP contribution in [0, 0.1) is 5.92 Å². The molecule has 5 rings (SSSR count). The van der Waals surface area contributed by atoms with Crippen LogP contribution in [0.3, 0.4) is 0 Å². The summed E-state index contributed by atoms with van der Waals surface area (Å²) >= 11 is 0. The van der Waals surface area contributed by atoms with E-state index in [0.717, 1.165) is 11.1 Å². The summed E-state index contributed by atoms with van der Waals surface area (Å²) in [6, 6.07) is 7.69. The highest BCUT2D eigenvalue weighted by Crippen LogP contribution is 2.41. The fourth-order valence-electron chi connectivity index (χ4n) is 3.89. The first-order valence-corrected chi connectivity index (χ1v) is 9.69. The third-order valence-corrected chi connectivity index (χ3v) is 5.64. The second-order valence-corrected chi connectivity index (χ2v) is 7.64. The highest BCUT2D eigenvalue weighted by atomic mass is 16.5. The van der Waals surface area contributed by atoms with Crippen LogP contribution in [0.1, 0.15) is 42.6 Å². The third-order valence-electron chi connectivity index (χ3n) is 5.64. The zero-order chi connectivity index (χ0) is 18.9. The summed E-state index contributed by atoms with van der Waals surface area (Å²) in [4.78, 5) is 27.6. The lowest BCUT2D eigenvalue weighted by Gasteiger charge is -2.16. The molecule has 7 heteroatoms. The molecule has 3 aromatic rings. The molecule has 0 unspecified atom stereocenters. The molecule has 3 aromatic heterocycles. The van der Waals surface area contributed by atoms with Crippen molar-refractivity contribution in [1.82, 2.24) is 25.0 Å². The van der Waals surface area contributed by atoms with E-state index < -0.39 is 0 Å². The van der Waals surface area contributed by atoms with E-state index in [2.05, 4.69) is 26.2 Å². The largest absolute Gasteiger partial charge is 0.341 e. The number of carbonyl (C=O) groups excluding carboxylic acids is 1. The Kier molecular flexibility index (Phi) is 4.35. The summed E-state index contributed by atoms with van der Waals surface area (Å²) in [6.45, 7) is 1.26. The maximum absolute atomic E-state index is 12.7. The number of hydrogen-bond donors (Lipinski definition) is 0. The highest BCUT2D eigenvalue weighted by molar-refractivity contribution is 5.77. The third kappa shape index (κ3) is 3.40. The van der Waals surface area contributed by atoms with Crippen LogP contribution < -0.4 is 0 Å². The molecule has 28 heavy (non-hydrogen) atoms. The van der Waals surface area contributed by atoms with E-state index >= 15 is 0 Å². The predicted molar refractivity (Wildman–Crippen MR) is 101 cm³/mol. The fraction of sp³-hybridized carbons (Fsp3) is 0.381. The van der Waals surface area contributed by atoms with Gasteiger partial charge in [0.1, 0.15) is 0 Å². The molecular weight excluding hydrogens is 354 g/mol. The summed E-state index contributed by atoms with van der Waals surface area (Å²) < 4.78 is 5.64. The molecule has 1 aliphatic carbocycles. The number of rotatable bonds is 5. The number of nitrogens with zero attached hydrogens (tertiary/aromatic N) is 5. The summed E-state index contributed by atoms with van der Waals surface area (Å²) in [6.07, 6.45) is 10.0. The lowest BCUT2D eigenvalue weighted by Crippen LogP contribution is -2.29. The SMILES string of the molecule is O=C(CC1CC1)N1C[C@@H](c2cccnc2)[C@H](c2nc(-c3ccncc3)no2)C1. The van der Waals surface area contributed by atoms with E-state index in [1.807, 2.05) is 29.3 Å². The minimum Gasteiger partial charge on any atom is -0.341 e. The van der Waals surface area contributed by atoms with Gasteiger partial charge in [-0.3, -0.25) is 14.8 Å². The Morgan fingerprint density at radius 2 is 1.89 bits per heavy atom. The lowest BCUT2D eigenvalue weighted by atomic mass is 9.90. The summed E-state index contributed by atoms with van der Waals surface area (Å²) in [5.74, 6) is 1.99. The fourth-order valence-corrected chi connectivity index (χ4v) is 3.89. The Bertz CT molecular complexity index is 955. The average Bonchev–Trinajstić information content (AvgIpc) is 3.25. The van der Waals surface area contributed by atoms with E-state index in [4.69, 9.17) is 4.52 Å². The van der Waals surface area contributed by atoms with Gasteiger partial charge in [-0.15, -0.1) is 0 Å². The molecule has 0 aromatic carbocycles. The molecule has 0 spiro atoms. The van der Waals surface area contributed by atoms with Gasteiger partial charge in [0.25, 0.3) is 0 Å². The number of carbonyl (C=O) groups is 1.